The minimum atomic E-state index is 0.478. The van der Waals surface area contributed by atoms with E-state index in [0.717, 1.165) is 27.8 Å². The lowest BCUT2D eigenvalue weighted by molar-refractivity contribution is 0.480. The third-order valence-corrected chi connectivity index (χ3v) is 4.51. The van der Waals surface area contributed by atoms with E-state index in [0.29, 0.717) is 22.3 Å². The normalized spacial score (nSPS) is 10.3. The van der Waals surface area contributed by atoms with E-state index in [1.807, 2.05) is 56.3 Å². The summed E-state index contributed by atoms with van der Waals surface area (Å²) in [7, 11) is 0. The summed E-state index contributed by atoms with van der Waals surface area (Å²) in [6.07, 6.45) is 3.20. The summed E-state index contributed by atoms with van der Waals surface area (Å²) in [6.45, 7) is 3.73. The number of aryl methyl sites for hydroxylation is 1. The maximum absolute atomic E-state index is 6.43. The Kier molecular flexibility index (Phi) is 5.28. The van der Waals surface area contributed by atoms with Crippen molar-refractivity contribution in [1.29, 1.82) is 0 Å². The SMILES string of the molecule is CC#Cc1ccc2ncnc(Nc3ccc(Oc4ccc(C)nc4)c(Cl)c3)c2c1. The quantitative estimate of drug-likeness (QED) is 0.432. The van der Waals surface area contributed by atoms with Gasteiger partial charge in [-0.2, -0.15) is 0 Å². The molecule has 0 aliphatic rings. The summed E-state index contributed by atoms with van der Waals surface area (Å²) < 4.78 is 5.82. The number of aromatic nitrogens is 3. The Hall–Kier alpha value is -3.62. The maximum atomic E-state index is 6.43. The van der Waals surface area contributed by atoms with Crippen LogP contribution in [0.2, 0.25) is 5.02 Å². The monoisotopic (exact) mass is 400 g/mol. The molecule has 0 spiro atoms. The first-order valence-electron chi connectivity index (χ1n) is 8.97. The summed E-state index contributed by atoms with van der Waals surface area (Å²) in [5.41, 5.74) is 3.46. The first-order chi connectivity index (χ1) is 14.1. The molecule has 2 heterocycles. The molecule has 29 heavy (non-hydrogen) atoms. The van der Waals surface area contributed by atoms with Crippen molar-refractivity contribution in [3.8, 4) is 23.3 Å². The molecule has 142 valence electrons. The lowest BCUT2D eigenvalue weighted by Gasteiger charge is -2.11. The third-order valence-electron chi connectivity index (χ3n) is 4.21. The molecular formula is C23H17ClN4O. The van der Waals surface area contributed by atoms with Crippen LogP contribution in [0.25, 0.3) is 10.9 Å². The second-order valence-corrected chi connectivity index (χ2v) is 6.74. The van der Waals surface area contributed by atoms with Gasteiger partial charge in [0.2, 0.25) is 0 Å². The van der Waals surface area contributed by atoms with Gasteiger partial charge in [0.15, 0.2) is 0 Å². The second-order valence-electron chi connectivity index (χ2n) is 6.34. The lowest BCUT2D eigenvalue weighted by atomic mass is 10.1. The van der Waals surface area contributed by atoms with Gasteiger partial charge in [0.1, 0.15) is 23.6 Å². The number of anilines is 2. The molecule has 2 aromatic carbocycles. The molecule has 0 aliphatic heterocycles. The highest BCUT2D eigenvalue weighted by molar-refractivity contribution is 6.32. The first kappa shape index (κ1) is 18.7. The fourth-order valence-electron chi connectivity index (χ4n) is 2.82. The Labute approximate surface area is 173 Å². The molecule has 0 amide bonds. The van der Waals surface area contributed by atoms with E-state index >= 15 is 0 Å². The van der Waals surface area contributed by atoms with Crippen molar-refractivity contribution in [3.63, 3.8) is 0 Å². The van der Waals surface area contributed by atoms with Crippen LogP contribution in [0.15, 0.2) is 61.1 Å². The van der Waals surface area contributed by atoms with Crippen molar-refractivity contribution in [2.24, 2.45) is 0 Å². The standard InChI is InChI=1S/C23H17ClN4O/c1-3-4-16-6-9-21-19(11-16)23(27-14-26-21)28-17-7-10-22(20(24)12-17)29-18-8-5-15(2)25-13-18/h5-14H,1-2H3,(H,26,27,28). The van der Waals surface area contributed by atoms with E-state index < -0.39 is 0 Å². The first-order valence-corrected chi connectivity index (χ1v) is 9.35. The van der Waals surface area contributed by atoms with Crippen molar-refractivity contribution >= 4 is 34.0 Å². The summed E-state index contributed by atoms with van der Waals surface area (Å²) in [6, 6.07) is 15.1. The van der Waals surface area contributed by atoms with Gasteiger partial charge in [-0.15, -0.1) is 5.92 Å². The number of nitrogens with one attached hydrogen (secondary N) is 1. The number of ether oxygens (including phenoxy) is 1. The minimum absolute atomic E-state index is 0.478. The van der Waals surface area contributed by atoms with Crippen LogP contribution >= 0.6 is 11.6 Å². The van der Waals surface area contributed by atoms with E-state index in [1.165, 1.54) is 6.33 Å². The maximum Gasteiger partial charge on any atom is 0.146 e. The summed E-state index contributed by atoms with van der Waals surface area (Å²) in [4.78, 5) is 12.9. The molecule has 5 nitrogen and oxygen atoms in total. The summed E-state index contributed by atoms with van der Waals surface area (Å²) >= 11 is 6.43. The molecule has 1 N–H and O–H groups in total. The molecule has 0 saturated heterocycles. The van der Waals surface area contributed by atoms with Crippen LogP contribution in [0.1, 0.15) is 18.2 Å². The topological polar surface area (TPSA) is 59.9 Å². The van der Waals surface area contributed by atoms with Crippen LogP contribution in [0, 0.1) is 18.8 Å². The zero-order valence-electron chi connectivity index (χ0n) is 15.9. The molecule has 0 radical (unpaired) electrons. The van der Waals surface area contributed by atoms with E-state index in [4.69, 9.17) is 16.3 Å². The smallest absolute Gasteiger partial charge is 0.146 e. The van der Waals surface area contributed by atoms with Crippen molar-refractivity contribution in [3.05, 3.63) is 77.3 Å². The molecule has 6 heteroatoms. The van der Waals surface area contributed by atoms with Crippen LogP contribution in [0.3, 0.4) is 0 Å². The Morgan fingerprint density at radius 3 is 2.66 bits per heavy atom. The highest BCUT2D eigenvalue weighted by Gasteiger charge is 2.08. The number of hydrogen-bond acceptors (Lipinski definition) is 5. The van der Waals surface area contributed by atoms with Gasteiger partial charge < -0.3 is 10.1 Å². The zero-order valence-corrected chi connectivity index (χ0v) is 16.7. The summed E-state index contributed by atoms with van der Waals surface area (Å²) in [5, 5.41) is 4.67. The number of pyridine rings is 1. The van der Waals surface area contributed by atoms with E-state index in [1.54, 1.807) is 12.3 Å². The Bertz CT molecular complexity index is 1240. The van der Waals surface area contributed by atoms with Gasteiger partial charge in [0.05, 0.1) is 16.7 Å². The molecule has 0 saturated carbocycles. The molecular weight excluding hydrogens is 384 g/mol. The van der Waals surface area contributed by atoms with Gasteiger partial charge in [0, 0.05) is 22.3 Å². The predicted molar refractivity (Wildman–Crippen MR) is 116 cm³/mol. The van der Waals surface area contributed by atoms with Gasteiger partial charge in [-0.25, -0.2) is 9.97 Å². The van der Waals surface area contributed by atoms with E-state index in [-0.39, 0.29) is 0 Å². The number of benzene rings is 2. The largest absolute Gasteiger partial charge is 0.454 e. The van der Waals surface area contributed by atoms with Crippen molar-refractivity contribution in [2.45, 2.75) is 13.8 Å². The van der Waals surface area contributed by atoms with Crippen LogP contribution < -0.4 is 10.1 Å². The highest BCUT2D eigenvalue weighted by atomic mass is 35.5. The van der Waals surface area contributed by atoms with Crippen LogP contribution in [-0.2, 0) is 0 Å². The zero-order chi connectivity index (χ0) is 20.2. The van der Waals surface area contributed by atoms with Crippen LogP contribution in [0.4, 0.5) is 11.5 Å². The second kappa shape index (κ2) is 8.17. The number of halogens is 1. The minimum Gasteiger partial charge on any atom is -0.454 e. The third kappa shape index (κ3) is 4.29. The molecule has 0 fully saturated rings. The molecule has 0 unspecified atom stereocenters. The number of nitrogens with zero attached hydrogens (tertiary/aromatic N) is 3. The average Bonchev–Trinajstić information content (AvgIpc) is 2.72. The van der Waals surface area contributed by atoms with Crippen molar-refractivity contribution < 1.29 is 4.74 Å². The fraction of sp³-hybridized carbons (Fsp3) is 0.0870. The van der Waals surface area contributed by atoms with Crippen LogP contribution in [-0.4, -0.2) is 15.0 Å². The molecule has 4 aromatic rings. The average molecular weight is 401 g/mol. The molecule has 2 aromatic heterocycles. The van der Waals surface area contributed by atoms with Gasteiger partial charge in [-0.3, -0.25) is 4.98 Å². The molecule has 0 atom stereocenters. The lowest BCUT2D eigenvalue weighted by Crippen LogP contribution is -1.97. The number of hydrogen-bond donors (Lipinski definition) is 1. The summed E-state index contributed by atoms with van der Waals surface area (Å²) in [5.74, 6) is 7.83. The Balaban J connectivity index is 1.61. The predicted octanol–water partition coefficient (Wildman–Crippen LogP) is 5.89. The van der Waals surface area contributed by atoms with Crippen molar-refractivity contribution in [2.75, 3.05) is 5.32 Å². The van der Waals surface area contributed by atoms with Gasteiger partial charge in [-0.05, 0) is 62.4 Å². The van der Waals surface area contributed by atoms with Crippen LogP contribution in [0.5, 0.6) is 11.5 Å². The van der Waals surface area contributed by atoms with E-state index in [2.05, 4.69) is 32.1 Å². The van der Waals surface area contributed by atoms with Gasteiger partial charge >= 0.3 is 0 Å². The Morgan fingerprint density at radius 2 is 1.90 bits per heavy atom. The molecule has 0 bridgehead atoms. The fourth-order valence-corrected chi connectivity index (χ4v) is 3.04. The van der Waals surface area contributed by atoms with E-state index in [9.17, 15) is 0 Å². The van der Waals surface area contributed by atoms with Gasteiger partial charge in [-0.1, -0.05) is 17.5 Å². The Morgan fingerprint density at radius 1 is 1.00 bits per heavy atom. The van der Waals surface area contributed by atoms with Crippen molar-refractivity contribution in [1.82, 2.24) is 15.0 Å². The molecule has 0 aliphatic carbocycles. The molecule has 4 rings (SSSR count). The number of fused-ring (bicyclic) bond motifs is 1. The van der Waals surface area contributed by atoms with Gasteiger partial charge in [0.25, 0.3) is 0 Å². The highest BCUT2D eigenvalue weighted by Crippen LogP contribution is 2.33. The number of rotatable bonds is 4.